The minimum atomic E-state index is -0.653. The molecular weight excluding hydrogens is 336 g/mol. The zero-order valence-corrected chi connectivity index (χ0v) is 17.5. The lowest BCUT2D eigenvalue weighted by Crippen LogP contribution is -1.93. The van der Waals surface area contributed by atoms with Crippen LogP contribution in [0.5, 0.6) is 5.75 Å². The number of carboxylic acid groups (broad SMARTS) is 1. The van der Waals surface area contributed by atoms with E-state index in [-0.39, 0.29) is 0 Å². The number of carboxylic acids is 1. The number of rotatable bonds is 16. The lowest BCUT2D eigenvalue weighted by Gasteiger charge is -2.03. The molecule has 0 saturated carbocycles. The fourth-order valence-corrected chi connectivity index (χ4v) is 3.08. The number of aromatic hydroxyl groups is 1. The van der Waals surface area contributed by atoms with E-state index in [9.17, 15) is 4.79 Å². The number of aliphatic carboxylic acids is 1. The fraction of sp³-hybridized carbons (Fsp3) is 0.708. The number of phenols is 1. The summed E-state index contributed by atoms with van der Waals surface area (Å²) in [5, 5.41) is 17.1. The van der Waals surface area contributed by atoms with Crippen molar-refractivity contribution >= 4 is 5.97 Å². The normalized spacial score (nSPS) is 10.3. The topological polar surface area (TPSA) is 57.5 Å². The number of phenolic OH excluding ortho intramolecular Hbond substituents is 1. The van der Waals surface area contributed by atoms with Crippen LogP contribution in [-0.2, 0) is 4.79 Å². The van der Waals surface area contributed by atoms with Crippen LogP contribution in [0.4, 0.5) is 0 Å². The molecule has 0 aliphatic heterocycles. The largest absolute Gasteiger partial charge is 0.508 e. The average Bonchev–Trinajstić information content (AvgIpc) is 2.66. The Bertz CT molecular complexity index is 417. The third-order valence-electron chi connectivity index (χ3n) is 4.75. The number of unbranched alkanes of at least 4 members (excludes halogenated alkanes) is 14. The molecule has 1 aromatic carbocycles. The van der Waals surface area contributed by atoms with Gasteiger partial charge in [0.1, 0.15) is 5.75 Å². The standard InChI is InChI=1S/C18H36O2.C6H6O/c1-2-3-4-5-6-7-8-9-10-11-12-13-14-15-16-17-18(19)20;7-6-4-2-1-3-5-6/h2-17H2,1H3,(H,19,20);1-5,7H. The zero-order valence-electron chi connectivity index (χ0n) is 17.5. The zero-order chi connectivity index (χ0) is 20.0. The molecule has 3 nitrogen and oxygen atoms in total. The van der Waals surface area contributed by atoms with Crippen molar-refractivity contribution in [3.63, 3.8) is 0 Å². The highest BCUT2D eigenvalue weighted by Crippen LogP contribution is 2.13. The minimum absolute atomic E-state index is 0.322. The second-order valence-corrected chi connectivity index (χ2v) is 7.43. The molecule has 0 unspecified atom stereocenters. The first kappa shape index (κ1) is 25.5. The minimum Gasteiger partial charge on any atom is -0.508 e. The summed E-state index contributed by atoms with van der Waals surface area (Å²) in [6, 6.07) is 8.71. The third kappa shape index (κ3) is 22.4. The molecular formula is C24H42O3. The van der Waals surface area contributed by atoms with Gasteiger partial charge >= 0.3 is 5.97 Å². The first-order valence-corrected chi connectivity index (χ1v) is 11.1. The van der Waals surface area contributed by atoms with E-state index in [1.165, 1.54) is 83.5 Å². The predicted molar refractivity (Wildman–Crippen MR) is 115 cm³/mol. The van der Waals surface area contributed by atoms with Gasteiger partial charge in [-0.15, -0.1) is 0 Å². The van der Waals surface area contributed by atoms with Gasteiger partial charge < -0.3 is 10.2 Å². The summed E-state index contributed by atoms with van der Waals surface area (Å²) in [5.41, 5.74) is 0. The molecule has 0 bridgehead atoms. The molecule has 156 valence electrons. The molecule has 1 rings (SSSR count). The van der Waals surface area contributed by atoms with Crippen molar-refractivity contribution in [2.24, 2.45) is 0 Å². The van der Waals surface area contributed by atoms with Gasteiger partial charge in [0.05, 0.1) is 0 Å². The molecule has 0 aromatic heterocycles. The van der Waals surface area contributed by atoms with E-state index in [4.69, 9.17) is 10.2 Å². The summed E-state index contributed by atoms with van der Waals surface area (Å²) < 4.78 is 0. The Hall–Kier alpha value is -1.51. The smallest absolute Gasteiger partial charge is 0.303 e. The second kappa shape index (κ2) is 20.8. The van der Waals surface area contributed by atoms with Gasteiger partial charge in [0.25, 0.3) is 0 Å². The molecule has 1 aromatic rings. The monoisotopic (exact) mass is 378 g/mol. The van der Waals surface area contributed by atoms with Gasteiger partial charge in [-0.1, -0.05) is 115 Å². The van der Waals surface area contributed by atoms with Gasteiger partial charge in [0.15, 0.2) is 0 Å². The Morgan fingerprint density at radius 1 is 0.667 bits per heavy atom. The van der Waals surface area contributed by atoms with Crippen molar-refractivity contribution in [1.29, 1.82) is 0 Å². The SMILES string of the molecule is CCCCCCCCCCCCCCCCCC(=O)O.Oc1ccccc1. The molecule has 3 heteroatoms. The number of hydrogen-bond donors (Lipinski definition) is 2. The van der Waals surface area contributed by atoms with Crippen LogP contribution in [-0.4, -0.2) is 16.2 Å². The van der Waals surface area contributed by atoms with Gasteiger partial charge in [-0.2, -0.15) is 0 Å². The van der Waals surface area contributed by atoms with Gasteiger partial charge in [-0.25, -0.2) is 0 Å². The lowest BCUT2D eigenvalue weighted by atomic mass is 10.0. The van der Waals surface area contributed by atoms with Crippen molar-refractivity contribution in [2.45, 2.75) is 110 Å². The van der Waals surface area contributed by atoms with Crippen LogP contribution in [0.25, 0.3) is 0 Å². The van der Waals surface area contributed by atoms with Gasteiger partial charge in [0.2, 0.25) is 0 Å². The molecule has 0 amide bonds. The Morgan fingerprint density at radius 3 is 1.33 bits per heavy atom. The number of para-hydroxylation sites is 1. The molecule has 0 atom stereocenters. The third-order valence-corrected chi connectivity index (χ3v) is 4.75. The highest BCUT2D eigenvalue weighted by Gasteiger charge is 1.97. The molecule has 0 spiro atoms. The average molecular weight is 379 g/mol. The number of carbonyl (C=O) groups is 1. The summed E-state index contributed by atoms with van der Waals surface area (Å²) in [7, 11) is 0. The van der Waals surface area contributed by atoms with Crippen molar-refractivity contribution in [3.8, 4) is 5.75 Å². The maximum absolute atomic E-state index is 10.3. The van der Waals surface area contributed by atoms with Gasteiger partial charge in [-0.3, -0.25) is 4.79 Å². The quantitative estimate of drug-likeness (QED) is 0.289. The van der Waals surface area contributed by atoms with Crippen LogP contribution < -0.4 is 0 Å². The molecule has 0 saturated heterocycles. The van der Waals surface area contributed by atoms with Crippen molar-refractivity contribution in [2.75, 3.05) is 0 Å². The summed E-state index contributed by atoms with van der Waals surface area (Å²) in [5.74, 6) is -0.331. The summed E-state index contributed by atoms with van der Waals surface area (Å²) >= 11 is 0. The maximum atomic E-state index is 10.3. The van der Waals surface area contributed by atoms with Crippen LogP contribution in [0.2, 0.25) is 0 Å². The predicted octanol–water partition coefficient (Wildman–Crippen LogP) is 7.72. The van der Waals surface area contributed by atoms with Crippen LogP contribution in [0.1, 0.15) is 110 Å². The molecule has 0 radical (unpaired) electrons. The Morgan fingerprint density at radius 2 is 1.04 bits per heavy atom. The van der Waals surface area contributed by atoms with Gasteiger partial charge in [-0.05, 0) is 18.6 Å². The highest BCUT2D eigenvalue weighted by atomic mass is 16.4. The first-order valence-electron chi connectivity index (χ1n) is 11.1. The summed E-state index contributed by atoms with van der Waals surface area (Å²) in [6.45, 7) is 2.27. The molecule has 0 fully saturated rings. The van der Waals surface area contributed by atoms with E-state index < -0.39 is 5.97 Å². The molecule has 0 aliphatic rings. The summed E-state index contributed by atoms with van der Waals surface area (Å²) in [4.78, 5) is 10.3. The van der Waals surface area contributed by atoms with Crippen molar-refractivity contribution in [1.82, 2.24) is 0 Å². The van der Waals surface area contributed by atoms with Crippen molar-refractivity contribution < 1.29 is 15.0 Å². The summed E-state index contributed by atoms with van der Waals surface area (Å²) in [6.07, 6.45) is 20.2. The Balaban J connectivity index is 0.000000797. The van der Waals surface area contributed by atoms with Crippen LogP contribution in [0.15, 0.2) is 30.3 Å². The van der Waals surface area contributed by atoms with E-state index in [2.05, 4.69) is 6.92 Å². The molecule has 27 heavy (non-hydrogen) atoms. The highest BCUT2D eigenvalue weighted by molar-refractivity contribution is 5.66. The van der Waals surface area contributed by atoms with E-state index in [1.807, 2.05) is 6.07 Å². The van der Waals surface area contributed by atoms with Crippen LogP contribution in [0, 0.1) is 0 Å². The molecule has 0 heterocycles. The molecule has 0 aliphatic carbocycles. The van der Waals surface area contributed by atoms with E-state index in [1.54, 1.807) is 24.3 Å². The van der Waals surface area contributed by atoms with E-state index >= 15 is 0 Å². The van der Waals surface area contributed by atoms with Crippen LogP contribution >= 0.6 is 0 Å². The Kier molecular flexibility index (Phi) is 19.6. The van der Waals surface area contributed by atoms with Gasteiger partial charge in [0, 0.05) is 6.42 Å². The van der Waals surface area contributed by atoms with Crippen LogP contribution in [0.3, 0.4) is 0 Å². The van der Waals surface area contributed by atoms with E-state index in [0.717, 1.165) is 12.8 Å². The second-order valence-electron chi connectivity index (χ2n) is 7.43. The van der Waals surface area contributed by atoms with Crippen molar-refractivity contribution in [3.05, 3.63) is 30.3 Å². The number of benzene rings is 1. The fourth-order valence-electron chi connectivity index (χ4n) is 3.08. The maximum Gasteiger partial charge on any atom is 0.303 e. The number of hydrogen-bond acceptors (Lipinski definition) is 2. The lowest BCUT2D eigenvalue weighted by molar-refractivity contribution is -0.137. The first-order chi connectivity index (χ1) is 13.2. The van der Waals surface area contributed by atoms with E-state index in [0.29, 0.717) is 12.2 Å². The molecule has 2 N–H and O–H groups in total. The Labute approximate surface area is 167 Å².